The molecule has 7 rings (SSSR count). The van der Waals surface area contributed by atoms with E-state index in [1.807, 2.05) is 103 Å². The molecule has 0 aliphatic rings. The predicted molar refractivity (Wildman–Crippen MR) is 165 cm³/mol. The van der Waals surface area contributed by atoms with E-state index in [9.17, 15) is 10.5 Å². The number of hydrogen-bond acceptors (Lipinski definition) is 3. The van der Waals surface area contributed by atoms with Gasteiger partial charge in [-0.05, 0) is 64.2 Å². The van der Waals surface area contributed by atoms with Gasteiger partial charge in [-0.1, -0.05) is 97.1 Å². The van der Waals surface area contributed by atoms with Gasteiger partial charge in [-0.15, -0.1) is 0 Å². The highest BCUT2D eigenvalue weighted by molar-refractivity contribution is 6.10. The lowest BCUT2D eigenvalue weighted by atomic mass is 9.88. The second kappa shape index (κ2) is 10.0. The van der Waals surface area contributed by atoms with Gasteiger partial charge >= 0.3 is 0 Å². The Morgan fingerprint density at radius 3 is 1.66 bits per heavy atom. The van der Waals surface area contributed by atoms with Gasteiger partial charge < -0.3 is 4.42 Å². The third-order valence-corrected chi connectivity index (χ3v) is 7.57. The molecular weight excluding hydrogens is 500 g/mol. The van der Waals surface area contributed by atoms with Crippen LogP contribution in [0.15, 0.2) is 138 Å². The number of nitriles is 2. The molecule has 0 unspecified atom stereocenters. The van der Waals surface area contributed by atoms with Crippen molar-refractivity contribution in [2.45, 2.75) is 0 Å². The quantitative estimate of drug-likeness (QED) is 0.231. The molecule has 0 aliphatic carbocycles. The van der Waals surface area contributed by atoms with E-state index in [1.54, 1.807) is 0 Å². The van der Waals surface area contributed by atoms with Crippen molar-refractivity contribution in [2.75, 3.05) is 0 Å². The molecule has 3 heteroatoms. The molecule has 190 valence electrons. The van der Waals surface area contributed by atoms with E-state index < -0.39 is 0 Å². The number of nitrogens with zero attached hydrogens (tertiary/aromatic N) is 2. The van der Waals surface area contributed by atoms with E-state index >= 15 is 0 Å². The lowest BCUT2D eigenvalue weighted by molar-refractivity contribution is 0.670. The van der Waals surface area contributed by atoms with Crippen LogP contribution in [0.3, 0.4) is 0 Å². The summed E-state index contributed by atoms with van der Waals surface area (Å²) in [6, 6.07) is 49.1. The SMILES string of the molecule is N#Cc1ccc(-c2cccc3c2oc2ccc(-c4cc(-c5ccccc5)c(C#N)c(-c5ccccc5)c4)cc23)cc1. The zero-order valence-electron chi connectivity index (χ0n) is 22.0. The minimum atomic E-state index is 0.627. The maximum absolute atomic E-state index is 10.3. The summed E-state index contributed by atoms with van der Waals surface area (Å²) in [6.07, 6.45) is 0. The average molecular weight is 523 g/mol. The molecule has 0 atom stereocenters. The zero-order valence-corrected chi connectivity index (χ0v) is 22.0. The van der Waals surface area contributed by atoms with Gasteiger partial charge in [-0.25, -0.2) is 0 Å². The minimum Gasteiger partial charge on any atom is -0.455 e. The number of furan rings is 1. The summed E-state index contributed by atoms with van der Waals surface area (Å²) in [4.78, 5) is 0. The van der Waals surface area contributed by atoms with Crippen LogP contribution in [0.25, 0.3) is 66.4 Å². The fraction of sp³-hybridized carbons (Fsp3) is 0. The van der Waals surface area contributed by atoms with E-state index in [-0.39, 0.29) is 0 Å². The van der Waals surface area contributed by atoms with Crippen molar-refractivity contribution in [3.63, 3.8) is 0 Å². The first-order valence-electron chi connectivity index (χ1n) is 13.4. The summed E-state index contributed by atoms with van der Waals surface area (Å²) in [5.41, 5.74) is 10.8. The molecule has 0 N–H and O–H groups in total. The van der Waals surface area contributed by atoms with Crippen LogP contribution in [0.5, 0.6) is 0 Å². The number of benzene rings is 6. The molecule has 1 heterocycles. The summed E-state index contributed by atoms with van der Waals surface area (Å²) >= 11 is 0. The molecular formula is C38H22N2O. The highest BCUT2D eigenvalue weighted by atomic mass is 16.3. The highest BCUT2D eigenvalue weighted by Gasteiger charge is 2.17. The Kier molecular flexibility index (Phi) is 5.90. The monoisotopic (exact) mass is 522 g/mol. The molecule has 6 aromatic carbocycles. The molecule has 0 saturated heterocycles. The molecule has 3 nitrogen and oxygen atoms in total. The van der Waals surface area contributed by atoms with Crippen LogP contribution in [0.2, 0.25) is 0 Å². The largest absolute Gasteiger partial charge is 0.455 e. The Balaban J connectivity index is 1.43. The maximum Gasteiger partial charge on any atom is 0.143 e. The Labute approximate surface area is 237 Å². The normalized spacial score (nSPS) is 10.9. The van der Waals surface area contributed by atoms with E-state index in [0.717, 1.165) is 66.4 Å². The van der Waals surface area contributed by atoms with E-state index in [1.165, 1.54) is 0 Å². The number of rotatable bonds is 4. The third kappa shape index (κ3) is 4.23. The average Bonchev–Trinajstić information content (AvgIpc) is 3.43. The van der Waals surface area contributed by atoms with Gasteiger partial charge in [-0.3, -0.25) is 0 Å². The molecule has 0 radical (unpaired) electrons. The molecule has 0 amide bonds. The molecule has 0 fully saturated rings. The fourth-order valence-electron chi connectivity index (χ4n) is 5.55. The van der Waals surface area contributed by atoms with E-state index in [4.69, 9.17) is 4.42 Å². The first-order chi connectivity index (χ1) is 20.2. The van der Waals surface area contributed by atoms with Gasteiger partial charge in [0.05, 0.1) is 17.2 Å². The first-order valence-corrected chi connectivity index (χ1v) is 13.4. The van der Waals surface area contributed by atoms with Crippen molar-refractivity contribution in [2.24, 2.45) is 0 Å². The fourth-order valence-corrected chi connectivity index (χ4v) is 5.55. The molecule has 0 bridgehead atoms. The molecule has 0 spiro atoms. The van der Waals surface area contributed by atoms with E-state index in [2.05, 4.69) is 42.5 Å². The number of fused-ring (bicyclic) bond motifs is 3. The van der Waals surface area contributed by atoms with Gasteiger partial charge in [0.2, 0.25) is 0 Å². The van der Waals surface area contributed by atoms with Crippen LogP contribution in [0.4, 0.5) is 0 Å². The zero-order chi connectivity index (χ0) is 27.8. The summed E-state index contributed by atoms with van der Waals surface area (Å²) in [5, 5.41) is 21.5. The van der Waals surface area contributed by atoms with Gasteiger partial charge in [-0.2, -0.15) is 10.5 Å². The van der Waals surface area contributed by atoms with Crippen LogP contribution in [-0.4, -0.2) is 0 Å². The first kappa shape index (κ1) is 24.2. The summed E-state index contributed by atoms with van der Waals surface area (Å²) in [5.74, 6) is 0. The smallest absolute Gasteiger partial charge is 0.143 e. The number of hydrogen-bond donors (Lipinski definition) is 0. The molecule has 7 aromatic rings. The van der Waals surface area contributed by atoms with Crippen molar-refractivity contribution < 1.29 is 4.42 Å². The topological polar surface area (TPSA) is 60.7 Å². The highest BCUT2D eigenvalue weighted by Crippen LogP contribution is 2.40. The lowest BCUT2D eigenvalue weighted by Gasteiger charge is -2.14. The molecule has 0 saturated carbocycles. The predicted octanol–water partition coefficient (Wildman–Crippen LogP) is 10.00. The standard InChI is InChI=1S/C38H22N2O/c39-23-25-14-16-28(17-15-25)31-12-7-13-32-35-20-29(18-19-37(35)41-38(31)32)30-21-33(26-8-3-1-4-9-26)36(24-40)34(22-30)27-10-5-2-6-11-27/h1-22H. The van der Waals surface area contributed by atoms with Crippen molar-refractivity contribution >= 4 is 21.9 Å². The molecule has 0 aliphatic heterocycles. The Hall–Kier alpha value is -5.90. The summed E-state index contributed by atoms with van der Waals surface area (Å²) < 4.78 is 6.40. The lowest BCUT2D eigenvalue weighted by Crippen LogP contribution is -1.92. The van der Waals surface area contributed by atoms with Gasteiger partial charge in [0, 0.05) is 27.5 Å². The van der Waals surface area contributed by atoms with Crippen LogP contribution < -0.4 is 0 Å². The Bertz CT molecular complexity index is 2080. The van der Waals surface area contributed by atoms with E-state index in [0.29, 0.717) is 11.1 Å². The van der Waals surface area contributed by atoms with Gasteiger partial charge in [0.1, 0.15) is 17.2 Å². The molecule has 1 aromatic heterocycles. The van der Waals surface area contributed by atoms with Crippen molar-refractivity contribution in [3.05, 3.63) is 145 Å². The van der Waals surface area contributed by atoms with Crippen molar-refractivity contribution in [1.82, 2.24) is 0 Å². The Morgan fingerprint density at radius 1 is 0.439 bits per heavy atom. The summed E-state index contributed by atoms with van der Waals surface area (Å²) in [7, 11) is 0. The van der Waals surface area contributed by atoms with Gasteiger partial charge in [0.25, 0.3) is 0 Å². The second-order valence-corrected chi connectivity index (χ2v) is 9.97. The van der Waals surface area contributed by atoms with Gasteiger partial charge in [0.15, 0.2) is 0 Å². The minimum absolute atomic E-state index is 0.627. The maximum atomic E-state index is 10.3. The van der Waals surface area contributed by atoms with Crippen molar-refractivity contribution in [3.8, 4) is 56.6 Å². The number of para-hydroxylation sites is 1. The molecule has 41 heavy (non-hydrogen) atoms. The van der Waals surface area contributed by atoms with Crippen LogP contribution >= 0.6 is 0 Å². The Morgan fingerprint density at radius 2 is 1.05 bits per heavy atom. The van der Waals surface area contributed by atoms with Crippen LogP contribution in [0.1, 0.15) is 11.1 Å². The van der Waals surface area contributed by atoms with Crippen LogP contribution in [0, 0.1) is 22.7 Å². The third-order valence-electron chi connectivity index (χ3n) is 7.57. The summed E-state index contributed by atoms with van der Waals surface area (Å²) in [6.45, 7) is 0. The van der Waals surface area contributed by atoms with Crippen LogP contribution in [-0.2, 0) is 0 Å². The van der Waals surface area contributed by atoms with Crippen molar-refractivity contribution in [1.29, 1.82) is 10.5 Å². The second-order valence-electron chi connectivity index (χ2n) is 9.97.